The number of benzene rings is 3. The SMILES string of the molecule is CC(C)Sc1cc(-c2ccc(CCCNC[C@@H](O)c3ccccc3)cc2)ccc1C(=O)NS(C)(=O)=O.Cl. The Bertz CT molecular complexity index is 1250. The lowest BCUT2D eigenvalue weighted by Gasteiger charge is -2.14. The molecule has 3 N–H and O–H groups in total. The van der Waals surface area contributed by atoms with Crippen molar-refractivity contribution in [3.8, 4) is 11.1 Å². The van der Waals surface area contributed by atoms with E-state index in [1.165, 1.54) is 17.3 Å². The highest BCUT2D eigenvalue weighted by Crippen LogP contribution is 2.32. The van der Waals surface area contributed by atoms with Crippen LogP contribution in [0.3, 0.4) is 0 Å². The van der Waals surface area contributed by atoms with Crippen molar-refractivity contribution < 1.29 is 18.3 Å². The van der Waals surface area contributed by atoms with Gasteiger partial charge in [0.1, 0.15) is 0 Å². The Morgan fingerprint density at radius 3 is 2.24 bits per heavy atom. The van der Waals surface area contributed by atoms with Gasteiger partial charge in [-0.15, -0.1) is 24.2 Å². The van der Waals surface area contributed by atoms with E-state index in [-0.39, 0.29) is 17.7 Å². The zero-order valence-electron chi connectivity index (χ0n) is 21.3. The van der Waals surface area contributed by atoms with E-state index < -0.39 is 22.0 Å². The number of aryl methyl sites for hydroxylation is 1. The van der Waals surface area contributed by atoms with Crippen molar-refractivity contribution >= 4 is 40.1 Å². The van der Waals surface area contributed by atoms with Gasteiger partial charge in [-0.1, -0.05) is 74.5 Å². The molecule has 3 aromatic rings. The fourth-order valence-electron chi connectivity index (χ4n) is 3.78. The fraction of sp³-hybridized carbons (Fsp3) is 0.321. The first-order valence-corrected chi connectivity index (χ1v) is 14.8. The van der Waals surface area contributed by atoms with Crippen molar-refractivity contribution in [3.05, 3.63) is 89.5 Å². The summed E-state index contributed by atoms with van der Waals surface area (Å²) in [5.74, 6) is -0.618. The first-order valence-electron chi connectivity index (χ1n) is 12.0. The van der Waals surface area contributed by atoms with E-state index >= 15 is 0 Å². The molecule has 0 saturated carbocycles. The highest BCUT2D eigenvalue weighted by Gasteiger charge is 2.17. The van der Waals surface area contributed by atoms with Gasteiger partial charge in [-0.3, -0.25) is 4.79 Å². The van der Waals surface area contributed by atoms with Gasteiger partial charge in [0, 0.05) is 16.7 Å². The molecule has 0 spiro atoms. The molecule has 9 heteroatoms. The zero-order chi connectivity index (χ0) is 26.1. The lowest BCUT2D eigenvalue weighted by Crippen LogP contribution is -2.29. The minimum absolute atomic E-state index is 0. The Hall–Kier alpha value is -2.36. The zero-order valence-corrected chi connectivity index (χ0v) is 23.8. The summed E-state index contributed by atoms with van der Waals surface area (Å²) in [6, 6.07) is 23.5. The molecule has 0 bridgehead atoms. The number of hydrogen-bond donors (Lipinski definition) is 3. The molecule has 0 aliphatic rings. The van der Waals surface area contributed by atoms with Crippen LogP contribution in [0.2, 0.25) is 0 Å². The molecule has 6 nitrogen and oxygen atoms in total. The van der Waals surface area contributed by atoms with Gasteiger partial charge in [0.15, 0.2) is 0 Å². The van der Waals surface area contributed by atoms with Crippen LogP contribution in [0.1, 0.15) is 47.9 Å². The van der Waals surface area contributed by atoms with Crippen LogP contribution in [0.25, 0.3) is 11.1 Å². The Balaban J connectivity index is 0.00000481. The summed E-state index contributed by atoms with van der Waals surface area (Å²) < 4.78 is 25.1. The smallest absolute Gasteiger partial charge is 0.265 e. The summed E-state index contributed by atoms with van der Waals surface area (Å²) in [5, 5.41) is 13.8. The average molecular weight is 563 g/mol. The van der Waals surface area contributed by atoms with Gasteiger partial charge in [0.25, 0.3) is 5.91 Å². The number of hydrogen-bond acceptors (Lipinski definition) is 6. The standard InChI is InChI=1S/C28H34N2O4S2.ClH/c1-20(2)35-27-18-24(15-16-25(27)28(32)30-36(3,33)34)22-13-11-21(12-14-22)8-7-17-29-19-26(31)23-9-5-4-6-10-23;/h4-6,9-16,18,20,26,29,31H,7-8,17,19H2,1-3H3,(H,30,32);1H/t26-;/m1./s1. The molecular weight excluding hydrogens is 528 g/mol. The number of carbonyl (C=O) groups excluding carboxylic acids is 1. The van der Waals surface area contributed by atoms with Crippen molar-refractivity contribution in [1.82, 2.24) is 10.0 Å². The molecule has 0 aliphatic carbocycles. The molecule has 37 heavy (non-hydrogen) atoms. The van der Waals surface area contributed by atoms with Crippen LogP contribution in [0.4, 0.5) is 0 Å². The van der Waals surface area contributed by atoms with E-state index in [0.717, 1.165) is 47.2 Å². The minimum Gasteiger partial charge on any atom is -0.387 e. The summed E-state index contributed by atoms with van der Waals surface area (Å²) in [6.07, 6.45) is 2.35. The summed E-state index contributed by atoms with van der Waals surface area (Å²) in [4.78, 5) is 13.2. The van der Waals surface area contributed by atoms with Crippen LogP contribution in [-0.4, -0.2) is 44.0 Å². The van der Waals surface area contributed by atoms with Gasteiger partial charge in [0.05, 0.1) is 17.9 Å². The molecule has 200 valence electrons. The second kappa shape index (κ2) is 14.5. The summed E-state index contributed by atoms with van der Waals surface area (Å²) in [7, 11) is -3.64. The van der Waals surface area contributed by atoms with Crippen LogP contribution >= 0.6 is 24.2 Å². The van der Waals surface area contributed by atoms with Crippen LogP contribution in [0.15, 0.2) is 77.7 Å². The molecule has 0 aromatic heterocycles. The van der Waals surface area contributed by atoms with E-state index in [0.29, 0.717) is 12.1 Å². The van der Waals surface area contributed by atoms with Gasteiger partial charge >= 0.3 is 0 Å². The van der Waals surface area contributed by atoms with Gasteiger partial charge < -0.3 is 10.4 Å². The van der Waals surface area contributed by atoms with Crippen LogP contribution in [0.5, 0.6) is 0 Å². The highest BCUT2D eigenvalue weighted by molar-refractivity contribution is 8.00. The maximum Gasteiger partial charge on any atom is 0.265 e. The number of aliphatic hydroxyl groups is 1. The Morgan fingerprint density at radius 2 is 1.62 bits per heavy atom. The first-order chi connectivity index (χ1) is 17.1. The topological polar surface area (TPSA) is 95.5 Å². The Kier molecular flexibility index (Phi) is 12.1. The van der Waals surface area contributed by atoms with Gasteiger partial charge in [-0.05, 0) is 53.8 Å². The molecule has 3 aromatic carbocycles. The summed E-state index contributed by atoms with van der Waals surface area (Å²) >= 11 is 1.53. The summed E-state index contributed by atoms with van der Waals surface area (Å²) in [5.41, 5.74) is 4.50. The highest BCUT2D eigenvalue weighted by atomic mass is 35.5. The quantitative estimate of drug-likeness (QED) is 0.207. The third kappa shape index (κ3) is 10.1. The number of rotatable bonds is 12. The van der Waals surface area contributed by atoms with Crippen LogP contribution in [0, 0.1) is 0 Å². The van der Waals surface area contributed by atoms with E-state index in [9.17, 15) is 18.3 Å². The van der Waals surface area contributed by atoms with Gasteiger partial charge in [-0.25, -0.2) is 13.1 Å². The normalized spacial score (nSPS) is 12.1. The molecule has 0 fully saturated rings. The van der Waals surface area contributed by atoms with Crippen LogP contribution in [-0.2, 0) is 16.4 Å². The molecule has 0 radical (unpaired) electrons. The number of sulfonamides is 1. The number of halogens is 1. The number of carbonyl (C=O) groups is 1. The van der Waals surface area contributed by atoms with Crippen molar-refractivity contribution in [2.75, 3.05) is 19.3 Å². The molecule has 0 heterocycles. The van der Waals surface area contributed by atoms with Gasteiger partial charge in [0.2, 0.25) is 10.0 Å². The Labute approximate surface area is 230 Å². The maximum absolute atomic E-state index is 12.5. The second-order valence-corrected chi connectivity index (χ2v) is 12.4. The number of aliphatic hydroxyl groups excluding tert-OH is 1. The van der Waals surface area contributed by atoms with Crippen molar-refractivity contribution in [2.24, 2.45) is 0 Å². The second-order valence-electron chi connectivity index (χ2n) is 9.01. The number of nitrogens with one attached hydrogen (secondary N) is 2. The maximum atomic E-state index is 12.5. The molecule has 0 unspecified atom stereocenters. The van der Waals surface area contributed by atoms with Crippen LogP contribution < -0.4 is 10.0 Å². The lowest BCUT2D eigenvalue weighted by molar-refractivity contribution is 0.0979. The lowest BCUT2D eigenvalue weighted by atomic mass is 10.0. The molecule has 1 amide bonds. The summed E-state index contributed by atoms with van der Waals surface area (Å²) in [6.45, 7) is 5.40. The van der Waals surface area contributed by atoms with E-state index in [1.54, 1.807) is 6.07 Å². The third-order valence-electron chi connectivity index (χ3n) is 5.50. The molecular formula is C28H35ClN2O4S2. The third-order valence-corrected chi connectivity index (χ3v) is 7.11. The molecule has 3 rings (SSSR count). The van der Waals surface area contributed by atoms with E-state index in [2.05, 4.69) is 34.3 Å². The average Bonchev–Trinajstić information content (AvgIpc) is 2.83. The minimum atomic E-state index is -3.64. The number of thioether (sulfide) groups is 1. The van der Waals surface area contributed by atoms with Crippen molar-refractivity contribution in [2.45, 2.75) is 42.9 Å². The largest absolute Gasteiger partial charge is 0.387 e. The predicted molar refractivity (Wildman–Crippen MR) is 155 cm³/mol. The van der Waals surface area contributed by atoms with Crippen molar-refractivity contribution in [3.63, 3.8) is 0 Å². The number of amides is 1. The first kappa shape index (κ1) is 30.9. The van der Waals surface area contributed by atoms with Gasteiger partial charge in [-0.2, -0.15) is 0 Å². The van der Waals surface area contributed by atoms with E-state index in [4.69, 9.17) is 0 Å². The van der Waals surface area contributed by atoms with Crippen molar-refractivity contribution in [1.29, 1.82) is 0 Å². The monoisotopic (exact) mass is 562 g/mol. The fourth-order valence-corrected chi connectivity index (χ4v) is 5.21. The molecule has 0 aliphatic heterocycles. The predicted octanol–water partition coefficient (Wildman–Crippen LogP) is 5.22. The van der Waals surface area contributed by atoms with E-state index in [1.807, 2.05) is 56.3 Å². The molecule has 0 saturated heterocycles. The molecule has 1 atom stereocenters. The Morgan fingerprint density at radius 1 is 0.973 bits per heavy atom.